The molecule has 0 bridgehead atoms. The molecule has 0 aromatic heterocycles. The highest BCUT2D eigenvalue weighted by Crippen LogP contribution is 2.23. The molecule has 0 amide bonds. The van der Waals surface area contributed by atoms with Crippen LogP contribution in [0.4, 0.5) is 0 Å². The number of hydrogen-bond donors (Lipinski definition) is 1. The first kappa shape index (κ1) is 12.3. The van der Waals surface area contributed by atoms with E-state index in [0.717, 1.165) is 12.3 Å². The summed E-state index contributed by atoms with van der Waals surface area (Å²) in [6, 6.07) is 8.80. The Balaban J connectivity index is 2.60. The van der Waals surface area contributed by atoms with Gasteiger partial charge >= 0.3 is 0 Å². The van der Waals surface area contributed by atoms with Crippen molar-refractivity contribution in [1.29, 1.82) is 0 Å². The van der Waals surface area contributed by atoms with E-state index in [0.29, 0.717) is 0 Å². The lowest BCUT2D eigenvalue weighted by atomic mass is 9.91. The van der Waals surface area contributed by atoms with E-state index >= 15 is 0 Å². The summed E-state index contributed by atoms with van der Waals surface area (Å²) in [6.45, 7) is 6.60. The number of hydrogen-bond acceptors (Lipinski definition) is 1. The van der Waals surface area contributed by atoms with Crippen molar-refractivity contribution in [2.75, 3.05) is 0 Å². The number of rotatable bonds is 5. The van der Waals surface area contributed by atoms with Crippen molar-refractivity contribution in [3.8, 4) is 0 Å². The molecular weight excluding hydrogens is 182 g/mol. The summed E-state index contributed by atoms with van der Waals surface area (Å²) < 4.78 is 0. The average Bonchev–Trinajstić information content (AvgIpc) is 2.26. The van der Waals surface area contributed by atoms with Crippen LogP contribution < -0.4 is 5.73 Å². The molecule has 1 atom stereocenters. The Bertz CT molecular complexity index is 272. The normalized spacial score (nSPS) is 13.1. The van der Waals surface area contributed by atoms with Gasteiger partial charge in [0.05, 0.1) is 0 Å². The Morgan fingerprint density at radius 2 is 1.60 bits per heavy atom. The van der Waals surface area contributed by atoms with E-state index in [1.807, 2.05) is 0 Å². The zero-order valence-electron chi connectivity index (χ0n) is 10.2. The summed E-state index contributed by atoms with van der Waals surface area (Å²) in [5.41, 5.74) is 8.77. The first-order valence-electron chi connectivity index (χ1n) is 5.99. The molecule has 84 valence electrons. The molecule has 0 fully saturated rings. The molecular formula is C14H23N. The van der Waals surface area contributed by atoms with Crippen LogP contribution in [0.2, 0.25) is 0 Å². The van der Waals surface area contributed by atoms with Crippen LogP contribution in [-0.2, 0) is 0 Å². The van der Waals surface area contributed by atoms with Crippen molar-refractivity contribution in [3.63, 3.8) is 0 Å². The van der Waals surface area contributed by atoms with Crippen molar-refractivity contribution in [3.05, 3.63) is 35.4 Å². The van der Waals surface area contributed by atoms with Gasteiger partial charge in [-0.1, -0.05) is 56.5 Å². The van der Waals surface area contributed by atoms with E-state index in [1.165, 1.54) is 24.0 Å². The van der Waals surface area contributed by atoms with Crippen LogP contribution in [-0.4, -0.2) is 0 Å². The molecule has 0 aliphatic rings. The lowest BCUT2D eigenvalue weighted by molar-refractivity contribution is 0.414. The summed E-state index contributed by atoms with van der Waals surface area (Å²) in [5, 5.41) is 0. The van der Waals surface area contributed by atoms with Crippen molar-refractivity contribution >= 4 is 0 Å². The van der Waals surface area contributed by atoms with Gasteiger partial charge in [-0.3, -0.25) is 0 Å². The second-order valence-corrected chi connectivity index (χ2v) is 4.44. The van der Waals surface area contributed by atoms with Crippen LogP contribution in [0.3, 0.4) is 0 Å². The minimum Gasteiger partial charge on any atom is -0.324 e. The third-order valence-electron chi connectivity index (χ3n) is 3.25. The van der Waals surface area contributed by atoms with E-state index in [2.05, 4.69) is 45.0 Å². The largest absolute Gasteiger partial charge is 0.324 e. The molecule has 1 rings (SSSR count). The number of nitrogens with two attached hydrogens (primary N) is 1. The number of aryl methyl sites for hydroxylation is 1. The van der Waals surface area contributed by atoms with Crippen LogP contribution in [0.15, 0.2) is 24.3 Å². The Morgan fingerprint density at radius 3 is 2.07 bits per heavy atom. The molecule has 0 heterocycles. The monoisotopic (exact) mass is 205 g/mol. The van der Waals surface area contributed by atoms with Crippen molar-refractivity contribution in [1.82, 2.24) is 0 Å². The minimum atomic E-state index is 0.204. The summed E-state index contributed by atoms with van der Waals surface area (Å²) >= 11 is 0. The van der Waals surface area contributed by atoms with Gasteiger partial charge in [-0.25, -0.2) is 0 Å². The fraction of sp³-hybridized carbons (Fsp3) is 0.571. The predicted octanol–water partition coefficient (Wildman–Crippen LogP) is 3.82. The topological polar surface area (TPSA) is 26.0 Å². The van der Waals surface area contributed by atoms with Gasteiger partial charge in [0.1, 0.15) is 0 Å². The highest BCUT2D eigenvalue weighted by atomic mass is 14.6. The predicted molar refractivity (Wildman–Crippen MR) is 66.8 cm³/mol. The molecule has 1 nitrogen and oxygen atoms in total. The van der Waals surface area contributed by atoms with E-state index in [1.54, 1.807) is 0 Å². The van der Waals surface area contributed by atoms with E-state index in [4.69, 9.17) is 5.73 Å². The highest BCUT2D eigenvalue weighted by molar-refractivity contribution is 5.23. The van der Waals surface area contributed by atoms with E-state index in [-0.39, 0.29) is 6.04 Å². The van der Waals surface area contributed by atoms with Crippen molar-refractivity contribution in [2.24, 2.45) is 11.7 Å². The van der Waals surface area contributed by atoms with Crippen LogP contribution in [0.1, 0.15) is 50.3 Å². The van der Waals surface area contributed by atoms with Crippen molar-refractivity contribution < 1.29 is 0 Å². The van der Waals surface area contributed by atoms with Gasteiger partial charge in [0.15, 0.2) is 0 Å². The molecule has 15 heavy (non-hydrogen) atoms. The maximum atomic E-state index is 6.20. The van der Waals surface area contributed by atoms with Gasteiger partial charge in [0.25, 0.3) is 0 Å². The Kier molecular flexibility index (Phi) is 4.83. The first-order chi connectivity index (χ1) is 7.17. The molecule has 2 N–H and O–H groups in total. The van der Waals surface area contributed by atoms with Gasteiger partial charge in [0, 0.05) is 6.04 Å². The summed E-state index contributed by atoms with van der Waals surface area (Å²) in [6.07, 6.45) is 3.57. The Hall–Kier alpha value is -0.820. The fourth-order valence-electron chi connectivity index (χ4n) is 1.93. The summed E-state index contributed by atoms with van der Waals surface area (Å²) in [7, 11) is 0. The van der Waals surface area contributed by atoms with Gasteiger partial charge in [-0.15, -0.1) is 0 Å². The summed E-state index contributed by atoms with van der Waals surface area (Å²) in [5.74, 6) is 0.765. The molecule has 1 heteroatoms. The van der Waals surface area contributed by atoms with Crippen LogP contribution in [0.5, 0.6) is 0 Å². The molecule has 0 spiro atoms. The SMILES string of the molecule is CCC(CC)C[C@@H](N)c1ccc(C)cc1. The molecule has 0 aliphatic carbocycles. The molecule has 0 aliphatic heterocycles. The smallest absolute Gasteiger partial charge is 0.0297 e. The molecule has 0 unspecified atom stereocenters. The lowest BCUT2D eigenvalue weighted by Gasteiger charge is -2.18. The van der Waals surface area contributed by atoms with Crippen LogP contribution in [0.25, 0.3) is 0 Å². The molecule has 1 aromatic carbocycles. The zero-order valence-corrected chi connectivity index (χ0v) is 10.2. The molecule has 0 saturated heterocycles. The Morgan fingerprint density at radius 1 is 1.07 bits per heavy atom. The molecule has 1 aromatic rings. The second kappa shape index (κ2) is 5.92. The third kappa shape index (κ3) is 3.67. The van der Waals surface area contributed by atoms with E-state index < -0.39 is 0 Å². The quantitative estimate of drug-likeness (QED) is 0.777. The fourth-order valence-corrected chi connectivity index (χ4v) is 1.93. The van der Waals surface area contributed by atoms with Gasteiger partial charge in [-0.2, -0.15) is 0 Å². The van der Waals surface area contributed by atoms with Gasteiger partial charge in [-0.05, 0) is 24.8 Å². The maximum Gasteiger partial charge on any atom is 0.0297 e. The molecule has 0 radical (unpaired) electrons. The summed E-state index contributed by atoms with van der Waals surface area (Å²) in [4.78, 5) is 0. The van der Waals surface area contributed by atoms with Gasteiger partial charge < -0.3 is 5.73 Å². The Labute approximate surface area is 93.7 Å². The standard InChI is InChI=1S/C14H23N/c1-4-12(5-2)10-14(15)13-8-6-11(3)7-9-13/h6-9,12,14H,4-5,10,15H2,1-3H3/t14-/m1/s1. The van der Waals surface area contributed by atoms with Crippen molar-refractivity contribution in [2.45, 2.75) is 46.1 Å². The third-order valence-corrected chi connectivity index (χ3v) is 3.25. The average molecular weight is 205 g/mol. The zero-order chi connectivity index (χ0) is 11.3. The van der Waals surface area contributed by atoms with Crippen LogP contribution >= 0.6 is 0 Å². The number of benzene rings is 1. The van der Waals surface area contributed by atoms with Gasteiger partial charge in [0.2, 0.25) is 0 Å². The second-order valence-electron chi connectivity index (χ2n) is 4.44. The minimum absolute atomic E-state index is 0.204. The van der Waals surface area contributed by atoms with Crippen LogP contribution in [0, 0.1) is 12.8 Å². The van der Waals surface area contributed by atoms with E-state index in [9.17, 15) is 0 Å². The lowest BCUT2D eigenvalue weighted by Crippen LogP contribution is -2.14. The maximum absolute atomic E-state index is 6.20. The molecule has 0 saturated carbocycles. The highest BCUT2D eigenvalue weighted by Gasteiger charge is 2.11. The first-order valence-corrected chi connectivity index (χ1v) is 5.99.